The molecule has 8 heteroatoms. The van der Waals surface area contributed by atoms with Gasteiger partial charge in [0.1, 0.15) is 11.6 Å². The maximum absolute atomic E-state index is 12.5. The minimum absolute atomic E-state index is 0.176. The van der Waals surface area contributed by atoms with Crippen LogP contribution in [0.25, 0.3) is 10.9 Å². The van der Waals surface area contributed by atoms with E-state index in [1.54, 1.807) is 55.5 Å². The van der Waals surface area contributed by atoms with Gasteiger partial charge in [-0.2, -0.15) is 4.68 Å². The van der Waals surface area contributed by atoms with Crippen LogP contribution in [0.2, 0.25) is 0 Å². The molecule has 2 aromatic carbocycles. The summed E-state index contributed by atoms with van der Waals surface area (Å²) in [5, 5.41) is 13.6. The van der Waals surface area contributed by atoms with Crippen molar-refractivity contribution in [1.29, 1.82) is 0 Å². The number of benzene rings is 2. The van der Waals surface area contributed by atoms with Gasteiger partial charge in [-0.05, 0) is 43.3 Å². The van der Waals surface area contributed by atoms with E-state index in [1.165, 1.54) is 6.92 Å². The summed E-state index contributed by atoms with van der Waals surface area (Å²) in [7, 11) is 0. The quantitative estimate of drug-likeness (QED) is 0.747. The van der Waals surface area contributed by atoms with Crippen LogP contribution in [0.3, 0.4) is 0 Å². The van der Waals surface area contributed by atoms with Gasteiger partial charge in [0.15, 0.2) is 0 Å². The van der Waals surface area contributed by atoms with Gasteiger partial charge in [-0.1, -0.05) is 17.3 Å². The number of hydrogen-bond donors (Lipinski definition) is 2. The minimum atomic E-state index is -0.838. The van der Waals surface area contributed by atoms with E-state index in [-0.39, 0.29) is 11.5 Å². The topological polar surface area (TPSA) is 106 Å². The Morgan fingerprint density at radius 2 is 1.62 bits per heavy atom. The average molecular weight is 351 g/mol. The van der Waals surface area contributed by atoms with Crippen LogP contribution in [0.4, 0.5) is 11.4 Å². The van der Waals surface area contributed by atoms with Crippen molar-refractivity contribution in [1.82, 2.24) is 15.0 Å². The van der Waals surface area contributed by atoms with Gasteiger partial charge in [0.05, 0.1) is 5.39 Å². The first kappa shape index (κ1) is 17.3. The van der Waals surface area contributed by atoms with E-state index < -0.39 is 11.9 Å². The van der Waals surface area contributed by atoms with Crippen LogP contribution in [0.5, 0.6) is 0 Å². The van der Waals surface area contributed by atoms with Crippen molar-refractivity contribution in [3.63, 3.8) is 0 Å². The van der Waals surface area contributed by atoms with Gasteiger partial charge in [0.2, 0.25) is 11.8 Å². The second kappa shape index (κ2) is 7.14. The molecule has 26 heavy (non-hydrogen) atoms. The molecule has 0 radical (unpaired) electrons. The SMILES string of the molecule is CC(=O)Nc1ccc(NC(=O)[C@@H](C)n2nnc3ccccc3c2=O)cc1. The molecule has 0 unspecified atom stereocenters. The summed E-state index contributed by atoms with van der Waals surface area (Å²) in [5.74, 6) is -0.575. The number of carbonyl (C=O) groups excluding carboxylic acids is 2. The molecule has 0 fully saturated rings. The predicted octanol–water partition coefficient (Wildman–Crippen LogP) is 1.95. The number of rotatable bonds is 4. The first-order chi connectivity index (χ1) is 12.5. The third kappa shape index (κ3) is 3.59. The molecule has 2 N–H and O–H groups in total. The number of hydrogen-bond acceptors (Lipinski definition) is 5. The van der Waals surface area contributed by atoms with E-state index in [0.717, 1.165) is 4.68 Å². The third-order valence-electron chi connectivity index (χ3n) is 3.81. The van der Waals surface area contributed by atoms with E-state index in [9.17, 15) is 14.4 Å². The van der Waals surface area contributed by atoms with Crippen LogP contribution in [-0.4, -0.2) is 26.8 Å². The first-order valence-corrected chi connectivity index (χ1v) is 7.98. The Morgan fingerprint density at radius 1 is 1.00 bits per heavy atom. The molecule has 0 bridgehead atoms. The number of nitrogens with zero attached hydrogens (tertiary/aromatic N) is 3. The van der Waals surface area contributed by atoms with Crippen LogP contribution in [-0.2, 0) is 9.59 Å². The van der Waals surface area contributed by atoms with Gasteiger partial charge in [-0.25, -0.2) is 0 Å². The summed E-state index contributed by atoms with van der Waals surface area (Å²) >= 11 is 0. The number of carbonyl (C=O) groups is 2. The lowest BCUT2D eigenvalue weighted by Crippen LogP contribution is -2.34. The van der Waals surface area contributed by atoms with Gasteiger partial charge in [0, 0.05) is 18.3 Å². The Hall–Kier alpha value is -3.55. The van der Waals surface area contributed by atoms with Crippen LogP contribution in [0, 0.1) is 0 Å². The molecule has 1 atom stereocenters. The zero-order valence-electron chi connectivity index (χ0n) is 14.3. The molecule has 3 aromatic rings. The van der Waals surface area contributed by atoms with Gasteiger partial charge in [-0.15, -0.1) is 5.10 Å². The van der Waals surface area contributed by atoms with Crippen molar-refractivity contribution >= 4 is 34.1 Å². The van der Waals surface area contributed by atoms with Crippen molar-refractivity contribution in [3.05, 3.63) is 58.9 Å². The molecule has 3 rings (SSSR count). The maximum Gasteiger partial charge on any atom is 0.278 e. The Balaban J connectivity index is 1.79. The van der Waals surface area contributed by atoms with Crippen LogP contribution in [0.15, 0.2) is 53.3 Å². The monoisotopic (exact) mass is 351 g/mol. The molecule has 0 aliphatic rings. The fraction of sp³-hybridized carbons (Fsp3) is 0.167. The molecule has 1 heterocycles. The average Bonchev–Trinajstić information content (AvgIpc) is 2.63. The summed E-state index contributed by atoms with van der Waals surface area (Å²) in [4.78, 5) is 36.0. The Labute approximate surface area is 148 Å². The summed E-state index contributed by atoms with van der Waals surface area (Å²) < 4.78 is 1.06. The maximum atomic E-state index is 12.5. The van der Waals surface area contributed by atoms with E-state index >= 15 is 0 Å². The Morgan fingerprint density at radius 3 is 2.27 bits per heavy atom. The molecule has 0 aliphatic heterocycles. The van der Waals surface area contributed by atoms with Gasteiger partial charge >= 0.3 is 0 Å². The lowest BCUT2D eigenvalue weighted by molar-refractivity contribution is -0.119. The third-order valence-corrected chi connectivity index (χ3v) is 3.81. The van der Waals surface area contributed by atoms with E-state index in [2.05, 4.69) is 20.9 Å². The zero-order valence-corrected chi connectivity index (χ0v) is 14.3. The Kier molecular flexibility index (Phi) is 4.74. The summed E-state index contributed by atoms with van der Waals surface area (Å²) in [6.45, 7) is 2.99. The fourth-order valence-corrected chi connectivity index (χ4v) is 2.45. The van der Waals surface area contributed by atoms with Crippen molar-refractivity contribution in [2.24, 2.45) is 0 Å². The molecule has 0 saturated carbocycles. The highest BCUT2D eigenvalue weighted by Crippen LogP contribution is 2.15. The summed E-state index contributed by atoms with van der Waals surface area (Å²) in [5.41, 5.74) is 1.27. The van der Waals surface area contributed by atoms with E-state index in [4.69, 9.17) is 0 Å². The minimum Gasteiger partial charge on any atom is -0.326 e. The lowest BCUT2D eigenvalue weighted by Gasteiger charge is -2.14. The number of amides is 2. The fourth-order valence-electron chi connectivity index (χ4n) is 2.45. The zero-order chi connectivity index (χ0) is 18.7. The van der Waals surface area contributed by atoms with Crippen LogP contribution < -0.4 is 16.2 Å². The molecular formula is C18H17N5O3. The molecular weight excluding hydrogens is 334 g/mol. The van der Waals surface area contributed by atoms with Crippen LogP contribution >= 0.6 is 0 Å². The van der Waals surface area contributed by atoms with Crippen molar-refractivity contribution in [3.8, 4) is 0 Å². The second-order valence-electron chi connectivity index (χ2n) is 5.78. The summed E-state index contributed by atoms with van der Waals surface area (Å²) in [6, 6.07) is 12.7. The van der Waals surface area contributed by atoms with Crippen molar-refractivity contribution < 1.29 is 9.59 Å². The van der Waals surface area contributed by atoms with E-state index in [0.29, 0.717) is 22.3 Å². The molecule has 0 saturated heterocycles. The smallest absolute Gasteiger partial charge is 0.278 e. The normalized spacial score (nSPS) is 11.8. The highest BCUT2D eigenvalue weighted by atomic mass is 16.2. The van der Waals surface area contributed by atoms with Gasteiger partial charge in [0.25, 0.3) is 5.56 Å². The molecule has 0 aliphatic carbocycles. The first-order valence-electron chi connectivity index (χ1n) is 7.98. The van der Waals surface area contributed by atoms with Crippen molar-refractivity contribution in [2.45, 2.75) is 19.9 Å². The van der Waals surface area contributed by atoms with Crippen LogP contribution in [0.1, 0.15) is 19.9 Å². The highest BCUT2D eigenvalue weighted by molar-refractivity contribution is 5.94. The molecule has 2 amide bonds. The highest BCUT2D eigenvalue weighted by Gasteiger charge is 2.19. The van der Waals surface area contributed by atoms with Gasteiger partial charge < -0.3 is 10.6 Å². The summed E-state index contributed by atoms with van der Waals surface area (Å²) in [6.07, 6.45) is 0. The Bertz CT molecular complexity index is 1030. The predicted molar refractivity (Wildman–Crippen MR) is 97.9 cm³/mol. The largest absolute Gasteiger partial charge is 0.326 e. The second-order valence-corrected chi connectivity index (χ2v) is 5.78. The lowest BCUT2D eigenvalue weighted by atomic mass is 10.2. The number of aromatic nitrogens is 3. The standard InChI is InChI=1S/C18H17N5O3/c1-11(23-18(26)15-5-3-4-6-16(15)21-22-23)17(25)20-14-9-7-13(8-10-14)19-12(2)24/h3-11H,1-2H3,(H,19,24)(H,20,25)/t11-/m1/s1. The number of nitrogens with one attached hydrogen (secondary N) is 2. The van der Waals surface area contributed by atoms with Crippen molar-refractivity contribution in [2.75, 3.05) is 10.6 Å². The van der Waals surface area contributed by atoms with E-state index in [1.807, 2.05) is 0 Å². The molecule has 1 aromatic heterocycles. The number of fused-ring (bicyclic) bond motifs is 1. The molecule has 8 nitrogen and oxygen atoms in total. The van der Waals surface area contributed by atoms with Gasteiger partial charge in [-0.3, -0.25) is 14.4 Å². The molecule has 0 spiro atoms. The number of anilines is 2. The molecule has 132 valence electrons.